The van der Waals surface area contributed by atoms with Crippen LogP contribution in [0, 0.1) is 19.3 Å². The summed E-state index contributed by atoms with van der Waals surface area (Å²) in [5, 5.41) is 1.17. The Hall–Kier alpha value is -2.75. The fraction of sp³-hybridized carbons (Fsp3) is 0.423. The number of aryl methyl sites for hydroxylation is 2. The molecule has 1 spiro atoms. The van der Waals surface area contributed by atoms with Gasteiger partial charge in [-0.25, -0.2) is 4.79 Å². The van der Waals surface area contributed by atoms with Crippen LogP contribution in [-0.4, -0.2) is 24.2 Å². The summed E-state index contributed by atoms with van der Waals surface area (Å²) in [7, 11) is 1.42. The highest BCUT2D eigenvalue weighted by Crippen LogP contribution is 2.60. The molecule has 1 N–H and O–H groups in total. The first kappa shape index (κ1) is 19.2. The Morgan fingerprint density at radius 3 is 2.53 bits per heavy atom. The van der Waals surface area contributed by atoms with E-state index in [0.717, 1.165) is 24.1 Å². The van der Waals surface area contributed by atoms with Crippen molar-refractivity contribution in [2.24, 2.45) is 5.41 Å². The Bertz CT molecular complexity index is 1090. The molecule has 0 unspecified atom stereocenters. The summed E-state index contributed by atoms with van der Waals surface area (Å²) in [4.78, 5) is 15.2. The van der Waals surface area contributed by atoms with Crippen molar-refractivity contribution >= 4 is 16.9 Å². The predicted molar refractivity (Wildman–Crippen MR) is 118 cm³/mol. The SMILES string of the molecule is COC(=O)c1ccc([C@@H]2CC3(CC[C@H]2Oc2c(C)cc(C)c4[nH]ccc24)CC3)cc1. The fourth-order valence-corrected chi connectivity index (χ4v) is 5.31. The molecule has 4 heteroatoms. The number of carbonyl (C=O) groups is 1. The molecule has 0 bridgehead atoms. The van der Waals surface area contributed by atoms with Crippen LogP contribution < -0.4 is 4.74 Å². The van der Waals surface area contributed by atoms with Gasteiger partial charge >= 0.3 is 5.97 Å². The molecule has 5 rings (SSSR count). The summed E-state index contributed by atoms with van der Waals surface area (Å²) in [5.41, 5.74) is 5.95. The van der Waals surface area contributed by atoms with E-state index in [-0.39, 0.29) is 12.1 Å². The summed E-state index contributed by atoms with van der Waals surface area (Å²) in [6.45, 7) is 4.28. The molecule has 1 heterocycles. The summed E-state index contributed by atoms with van der Waals surface area (Å²) >= 11 is 0. The van der Waals surface area contributed by atoms with Crippen LogP contribution >= 0.6 is 0 Å². The number of rotatable bonds is 4. The van der Waals surface area contributed by atoms with Crippen LogP contribution in [0.1, 0.15) is 65.1 Å². The number of hydrogen-bond acceptors (Lipinski definition) is 3. The predicted octanol–water partition coefficient (Wildman–Crippen LogP) is 6.07. The van der Waals surface area contributed by atoms with Gasteiger partial charge in [-0.05, 0) is 86.3 Å². The fourth-order valence-electron chi connectivity index (χ4n) is 5.31. The average Bonchev–Trinajstić information content (AvgIpc) is 3.31. The summed E-state index contributed by atoms with van der Waals surface area (Å²) in [5.74, 6) is 1.05. The zero-order valence-corrected chi connectivity index (χ0v) is 18.0. The van der Waals surface area contributed by atoms with Gasteiger partial charge in [0.2, 0.25) is 0 Å². The van der Waals surface area contributed by atoms with Crippen molar-refractivity contribution in [3.63, 3.8) is 0 Å². The van der Waals surface area contributed by atoms with Gasteiger partial charge in [-0.15, -0.1) is 0 Å². The number of ether oxygens (including phenoxy) is 2. The van der Waals surface area contributed by atoms with E-state index in [1.165, 1.54) is 48.4 Å². The van der Waals surface area contributed by atoms with E-state index in [9.17, 15) is 4.79 Å². The van der Waals surface area contributed by atoms with E-state index >= 15 is 0 Å². The number of carbonyl (C=O) groups excluding carboxylic acids is 1. The Labute approximate surface area is 177 Å². The smallest absolute Gasteiger partial charge is 0.337 e. The van der Waals surface area contributed by atoms with Gasteiger partial charge in [0.1, 0.15) is 11.9 Å². The second-order valence-corrected chi connectivity index (χ2v) is 9.23. The lowest BCUT2D eigenvalue weighted by Gasteiger charge is -2.37. The maximum absolute atomic E-state index is 11.8. The van der Waals surface area contributed by atoms with E-state index < -0.39 is 0 Å². The topological polar surface area (TPSA) is 51.3 Å². The van der Waals surface area contributed by atoms with Gasteiger partial charge in [-0.3, -0.25) is 0 Å². The molecule has 1 aromatic heterocycles. The Balaban J connectivity index is 1.48. The number of methoxy groups -OCH3 is 1. The van der Waals surface area contributed by atoms with E-state index in [4.69, 9.17) is 9.47 Å². The van der Waals surface area contributed by atoms with Crippen LogP contribution in [0.5, 0.6) is 5.75 Å². The number of hydrogen-bond donors (Lipinski definition) is 1. The number of fused-ring (bicyclic) bond motifs is 1. The van der Waals surface area contributed by atoms with Gasteiger partial charge < -0.3 is 14.5 Å². The van der Waals surface area contributed by atoms with Crippen LogP contribution in [0.15, 0.2) is 42.6 Å². The Morgan fingerprint density at radius 1 is 1.07 bits per heavy atom. The monoisotopic (exact) mass is 403 g/mol. The van der Waals surface area contributed by atoms with Crippen molar-refractivity contribution in [1.29, 1.82) is 0 Å². The molecule has 156 valence electrons. The molecule has 0 radical (unpaired) electrons. The van der Waals surface area contributed by atoms with E-state index in [2.05, 4.69) is 43.1 Å². The lowest BCUT2D eigenvalue weighted by atomic mass is 9.74. The molecule has 30 heavy (non-hydrogen) atoms. The second kappa shape index (κ2) is 7.19. The third-order valence-electron chi connectivity index (χ3n) is 7.22. The maximum atomic E-state index is 11.8. The Morgan fingerprint density at radius 2 is 1.83 bits per heavy atom. The van der Waals surface area contributed by atoms with E-state index in [0.29, 0.717) is 16.9 Å². The molecule has 0 aliphatic heterocycles. The van der Waals surface area contributed by atoms with Gasteiger partial charge in [0.15, 0.2) is 0 Å². The first-order valence-electron chi connectivity index (χ1n) is 10.9. The highest BCUT2D eigenvalue weighted by atomic mass is 16.5. The molecule has 2 atom stereocenters. The van der Waals surface area contributed by atoms with Gasteiger partial charge in [0, 0.05) is 17.5 Å². The lowest BCUT2D eigenvalue weighted by molar-refractivity contribution is 0.0600. The molecule has 0 amide bonds. The second-order valence-electron chi connectivity index (χ2n) is 9.23. The van der Waals surface area contributed by atoms with Gasteiger partial charge in [-0.2, -0.15) is 0 Å². The first-order valence-corrected chi connectivity index (χ1v) is 10.9. The van der Waals surface area contributed by atoms with Gasteiger partial charge in [-0.1, -0.05) is 18.2 Å². The third kappa shape index (κ3) is 3.28. The summed E-state index contributed by atoms with van der Waals surface area (Å²) in [6, 6.07) is 12.3. The number of nitrogens with one attached hydrogen (secondary N) is 1. The van der Waals surface area contributed by atoms with Crippen LogP contribution in [0.25, 0.3) is 10.9 Å². The summed E-state index contributed by atoms with van der Waals surface area (Å²) < 4.78 is 11.6. The molecule has 0 saturated heterocycles. The molecule has 2 aliphatic rings. The van der Waals surface area contributed by atoms with E-state index in [1.807, 2.05) is 18.3 Å². The van der Waals surface area contributed by atoms with Crippen molar-refractivity contribution in [2.45, 2.75) is 58.0 Å². The first-order chi connectivity index (χ1) is 14.5. The Kier molecular flexibility index (Phi) is 4.61. The molecule has 2 fully saturated rings. The molecular formula is C26H29NO3. The van der Waals surface area contributed by atoms with E-state index in [1.54, 1.807) is 0 Å². The zero-order valence-electron chi connectivity index (χ0n) is 18.0. The van der Waals surface area contributed by atoms with Crippen LogP contribution in [0.3, 0.4) is 0 Å². The van der Waals surface area contributed by atoms with Gasteiger partial charge in [0.05, 0.1) is 18.2 Å². The zero-order chi connectivity index (χ0) is 20.9. The summed E-state index contributed by atoms with van der Waals surface area (Å²) in [6.07, 6.45) is 8.28. The van der Waals surface area contributed by atoms with Gasteiger partial charge in [0.25, 0.3) is 0 Å². The number of benzene rings is 2. The quantitative estimate of drug-likeness (QED) is 0.538. The average molecular weight is 404 g/mol. The minimum atomic E-state index is -0.290. The number of aromatic nitrogens is 1. The van der Waals surface area contributed by atoms with Crippen LogP contribution in [0.2, 0.25) is 0 Å². The van der Waals surface area contributed by atoms with Crippen molar-refractivity contribution in [3.8, 4) is 5.75 Å². The standard InChI is InChI=1S/C26H29NO3/c1-16-14-17(2)24(20-9-13-27-23(16)20)30-22-8-10-26(11-12-26)15-21(22)18-4-6-19(7-5-18)25(28)29-3/h4-7,9,13-14,21-22,27H,8,10-12,15H2,1-3H3/t21-,22+/m0/s1. The van der Waals surface area contributed by atoms with Crippen molar-refractivity contribution in [2.75, 3.05) is 7.11 Å². The number of esters is 1. The molecule has 4 nitrogen and oxygen atoms in total. The molecule has 2 aromatic carbocycles. The molecule has 3 aromatic rings. The molecular weight excluding hydrogens is 374 g/mol. The molecule has 2 aliphatic carbocycles. The highest BCUT2D eigenvalue weighted by Gasteiger charge is 2.49. The normalized spacial score (nSPS) is 22.2. The minimum absolute atomic E-state index is 0.139. The van der Waals surface area contributed by atoms with Crippen LogP contribution in [0.4, 0.5) is 0 Å². The minimum Gasteiger partial charge on any atom is -0.489 e. The third-order valence-corrected chi connectivity index (χ3v) is 7.22. The number of aromatic amines is 1. The van der Waals surface area contributed by atoms with Crippen molar-refractivity contribution < 1.29 is 14.3 Å². The molecule has 2 saturated carbocycles. The van der Waals surface area contributed by atoms with Crippen LogP contribution in [-0.2, 0) is 4.74 Å². The van der Waals surface area contributed by atoms with Crippen molar-refractivity contribution in [1.82, 2.24) is 4.98 Å². The highest BCUT2D eigenvalue weighted by molar-refractivity contribution is 5.90. The maximum Gasteiger partial charge on any atom is 0.337 e. The largest absolute Gasteiger partial charge is 0.489 e. The van der Waals surface area contributed by atoms with Crippen molar-refractivity contribution in [3.05, 3.63) is 64.8 Å². The number of H-pyrrole nitrogens is 1. The lowest BCUT2D eigenvalue weighted by Crippen LogP contribution is -2.33.